The highest BCUT2D eigenvalue weighted by molar-refractivity contribution is 7.98. The summed E-state index contributed by atoms with van der Waals surface area (Å²) >= 11 is 1.77. The Balaban J connectivity index is 2.51. The second kappa shape index (κ2) is 5.75. The van der Waals surface area contributed by atoms with Crippen LogP contribution >= 0.6 is 11.8 Å². The van der Waals surface area contributed by atoms with Crippen molar-refractivity contribution in [2.45, 2.75) is 32.1 Å². The van der Waals surface area contributed by atoms with Gasteiger partial charge in [0.15, 0.2) is 0 Å². The fraction of sp³-hybridized carbons (Fsp3) is 0.909. The molecule has 0 spiro atoms. The quantitative estimate of drug-likeness (QED) is 0.627. The van der Waals surface area contributed by atoms with Gasteiger partial charge < -0.3 is 10.8 Å². The first-order valence-electron chi connectivity index (χ1n) is 5.57. The molecule has 0 amide bonds. The van der Waals surface area contributed by atoms with E-state index in [1.807, 2.05) is 6.26 Å². The predicted molar refractivity (Wildman–Crippen MR) is 64.1 cm³/mol. The maximum atomic E-state index is 11.3. The van der Waals surface area contributed by atoms with Gasteiger partial charge in [-0.2, -0.15) is 11.8 Å². The van der Waals surface area contributed by atoms with Crippen molar-refractivity contribution >= 4 is 17.7 Å². The Bertz CT molecular complexity index is 219. The number of aliphatic carboxylic acids is 1. The first-order chi connectivity index (χ1) is 7.14. The molecule has 1 saturated carbocycles. The average Bonchev–Trinajstić information content (AvgIpc) is 3.00. The lowest BCUT2D eigenvalue weighted by Crippen LogP contribution is -2.39. The summed E-state index contributed by atoms with van der Waals surface area (Å²) < 4.78 is 0. The summed E-state index contributed by atoms with van der Waals surface area (Å²) in [5.41, 5.74) is 5.04. The molecule has 0 aromatic rings. The van der Waals surface area contributed by atoms with Gasteiger partial charge in [0.1, 0.15) is 0 Å². The number of thioether (sulfide) groups is 1. The molecule has 0 aromatic heterocycles. The van der Waals surface area contributed by atoms with Crippen LogP contribution in [0.25, 0.3) is 0 Å². The van der Waals surface area contributed by atoms with Crippen molar-refractivity contribution in [1.29, 1.82) is 0 Å². The fourth-order valence-corrected chi connectivity index (χ4v) is 2.43. The minimum absolute atomic E-state index is 0.285. The Morgan fingerprint density at radius 1 is 1.60 bits per heavy atom. The van der Waals surface area contributed by atoms with Crippen LogP contribution in [0.1, 0.15) is 32.1 Å². The number of carboxylic acids is 1. The first-order valence-corrected chi connectivity index (χ1v) is 6.96. The van der Waals surface area contributed by atoms with E-state index in [2.05, 4.69) is 0 Å². The number of rotatable bonds is 8. The lowest BCUT2D eigenvalue weighted by molar-refractivity contribution is -0.149. The van der Waals surface area contributed by atoms with E-state index in [0.29, 0.717) is 5.92 Å². The molecule has 1 aliphatic rings. The molecule has 0 heterocycles. The van der Waals surface area contributed by atoms with Crippen molar-refractivity contribution in [2.75, 3.05) is 18.6 Å². The van der Waals surface area contributed by atoms with Gasteiger partial charge >= 0.3 is 5.97 Å². The zero-order valence-corrected chi connectivity index (χ0v) is 10.2. The van der Waals surface area contributed by atoms with E-state index in [0.717, 1.165) is 25.0 Å². The van der Waals surface area contributed by atoms with Crippen molar-refractivity contribution in [3.63, 3.8) is 0 Å². The van der Waals surface area contributed by atoms with Crippen LogP contribution in [0.15, 0.2) is 0 Å². The molecule has 1 rings (SSSR count). The van der Waals surface area contributed by atoms with Crippen LogP contribution in [0.2, 0.25) is 0 Å². The maximum absolute atomic E-state index is 11.3. The molecule has 0 aromatic carbocycles. The van der Waals surface area contributed by atoms with Gasteiger partial charge in [0, 0.05) is 6.54 Å². The summed E-state index contributed by atoms with van der Waals surface area (Å²) in [7, 11) is 0. The molecule has 1 atom stereocenters. The van der Waals surface area contributed by atoms with Gasteiger partial charge in [0.25, 0.3) is 0 Å². The SMILES string of the molecule is CSCCCC(CN)(CC1CC1)C(=O)O. The summed E-state index contributed by atoms with van der Waals surface area (Å²) in [6, 6.07) is 0. The molecule has 0 aliphatic heterocycles. The van der Waals surface area contributed by atoms with Crippen molar-refractivity contribution in [1.82, 2.24) is 0 Å². The number of carbonyl (C=O) groups is 1. The average molecular weight is 231 g/mol. The highest BCUT2D eigenvalue weighted by Gasteiger charge is 2.41. The predicted octanol–water partition coefficient (Wildman–Crippen LogP) is 1.96. The van der Waals surface area contributed by atoms with E-state index in [4.69, 9.17) is 5.73 Å². The van der Waals surface area contributed by atoms with Crippen LogP contribution in [0.4, 0.5) is 0 Å². The molecule has 88 valence electrons. The largest absolute Gasteiger partial charge is 0.481 e. The maximum Gasteiger partial charge on any atom is 0.310 e. The van der Waals surface area contributed by atoms with E-state index in [1.54, 1.807) is 11.8 Å². The van der Waals surface area contributed by atoms with Crippen LogP contribution < -0.4 is 5.73 Å². The first kappa shape index (κ1) is 12.8. The van der Waals surface area contributed by atoms with E-state index < -0.39 is 11.4 Å². The number of hydrogen-bond donors (Lipinski definition) is 2. The molecule has 1 unspecified atom stereocenters. The summed E-state index contributed by atoms with van der Waals surface area (Å²) in [4.78, 5) is 11.3. The van der Waals surface area contributed by atoms with E-state index in [1.165, 1.54) is 12.8 Å². The van der Waals surface area contributed by atoms with Gasteiger partial charge in [-0.15, -0.1) is 0 Å². The highest BCUT2D eigenvalue weighted by atomic mass is 32.2. The van der Waals surface area contributed by atoms with Crippen LogP contribution in [-0.4, -0.2) is 29.6 Å². The van der Waals surface area contributed by atoms with Crippen molar-refractivity contribution in [3.05, 3.63) is 0 Å². The van der Waals surface area contributed by atoms with Crippen LogP contribution in [-0.2, 0) is 4.79 Å². The highest BCUT2D eigenvalue weighted by Crippen LogP contribution is 2.42. The third-order valence-electron chi connectivity index (χ3n) is 3.22. The standard InChI is InChI=1S/C11H21NO2S/c1-15-6-2-5-11(8-12,10(13)14)7-9-3-4-9/h9H,2-8,12H2,1H3,(H,13,14). The molecule has 3 N–H and O–H groups in total. The van der Waals surface area contributed by atoms with Crippen LogP contribution in [0.5, 0.6) is 0 Å². The molecule has 3 nitrogen and oxygen atoms in total. The summed E-state index contributed by atoms with van der Waals surface area (Å²) in [6.07, 6.45) is 6.90. The van der Waals surface area contributed by atoms with Crippen molar-refractivity contribution in [2.24, 2.45) is 17.1 Å². The monoisotopic (exact) mass is 231 g/mol. The Morgan fingerprint density at radius 2 is 2.27 bits per heavy atom. The normalized spacial score (nSPS) is 19.9. The van der Waals surface area contributed by atoms with E-state index >= 15 is 0 Å². The Hall–Kier alpha value is -0.220. The zero-order chi connectivity index (χ0) is 11.3. The number of carboxylic acid groups (broad SMARTS) is 1. The Morgan fingerprint density at radius 3 is 2.67 bits per heavy atom. The van der Waals surface area contributed by atoms with Crippen LogP contribution in [0, 0.1) is 11.3 Å². The smallest absolute Gasteiger partial charge is 0.310 e. The Kier molecular flexibility index (Phi) is 4.93. The molecular weight excluding hydrogens is 210 g/mol. The lowest BCUT2D eigenvalue weighted by atomic mass is 9.78. The topological polar surface area (TPSA) is 63.3 Å². The van der Waals surface area contributed by atoms with Gasteiger partial charge in [-0.05, 0) is 37.2 Å². The molecule has 4 heteroatoms. The molecular formula is C11H21NO2S. The van der Waals surface area contributed by atoms with Crippen LogP contribution in [0.3, 0.4) is 0 Å². The Labute approximate surface area is 95.8 Å². The van der Waals surface area contributed by atoms with E-state index in [-0.39, 0.29) is 6.54 Å². The zero-order valence-electron chi connectivity index (χ0n) is 9.37. The second-order valence-corrected chi connectivity index (χ2v) is 5.52. The van der Waals surface area contributed by atoms with E-state index in [9.17, 15) is 9.90 Å². The second-order valence-electron chi connectivity index (χ2n) is 4.53. The van der Waals surface area contributed by atoms with Crippen molar-refractivity contribution < 1.29 is 9.90 Å². The molecule has 15 heavy (non-hydrogen) atoms. The third-order valence-corrected chi connectivity index (χ3v) is 3.92. The minimum atomic E-state index is -0.696. The fourth-order valence-electron chi connectivity index (χ4n) is 2.00. The van der Waals surface area contributed by atoms with Gasteiger partial charge in [-0.25, -0.2) is 0 Å². The van der Waals surface area contributed by atoms with Crippen molar-refractivity contribution in [3.8, 4) is 0 Å². The summed E-state index contributed by atoms with van der Waals surface area (Å²) in [6.45, 7) is 0.285. The molecule has 1 aliphatic carbocycles. The third kappa shape index (κ3) is 3.68. The number of nitrogens with two attached hydrogens (primary N) is 1. The minimum Gasteiger partial charge on any atom is -0.481 e. The lowest BCUT2D eigenvalue weighted by Gasteiger charge is -2.27. The van der Waals surface area contributed by atoms with Gasteiger partial charge in [-0.1, -0.05) is 12.8 Å². The molecule has 0 saturated heterocycles. The summed E-state index contributed by atoms with van der Waals surface area (Å²) in [5, 5.41) is 9.31. The van der Waals surface area contributed by atoms with Gasteiger partial charge in [0.2, 0.25) is 0 Å². The molecule has 0 radical (unpaired) electrons. The number of hydrogen-bond acceptors (Lipinski definition) is 3. The summed E-state index contributed by atoms with van der Waals surface area (Å²) in [5.74, 6) is 0.955. The van der Waals surface area contributed by atoms with Gasteiger partial charge in [0.05, 0.1) is 5.41 Å². The molecule has 1 fully saturated rings. The molecule has 0 bridgehead atoms. The van der Waals surface area contributed by atoms with Gasteiger partial charge in [-0.3, -0.25) is 4.79 Å².